The van der Waals surface area contributed by atoms with Crippen molar-refractivity contribution in [2.75, 3.05) is 18.5 Å². The van der Waals surface area contributed by atoms with E-state index in [0.717, 1.165) is 13.0 Å². The highest BCUT2D eigenvalue weighted by Crippen LogP contribution is 2.20. The molecule has 1 unspecified atom stereocenters. The van der Waals surface area contributed by atoms with Crippen LogP contribution in [0, 0.1) is 6.92 Å². The first-order valence-corrected chi connectivity index (χ1v) is 7.54. The highest BCUT2D eigenvalue weighted by Gasteiger charge is 2.32. The number of benzene rings is 1. The number of aliphatic carboxylic acids is 1. The molecule has 0 spiro atoms. The second kappa shape index (κ2) is 7.46. The van der Waals surface area contributed by atoms with Crippen LogP contribution in [0.2, 0.25) is 0 Å². The molecule has 0 saturated carbocycles. The molecule has 0 aliphatic carbocycles. The van der Waals surface area contributed by atoms with Crippen molar-refractivity contribution >= 4 is 11.7 Å². The Kier molecular flexibility index (Phi) is 6.21. The minimum atomic E-state index is -0.860. The molecule has 1 aromatic carbocycles. The second-order valence-corrected chi connectivity index (χ2v) is 6.25. The quantitative estimate of drug-likeness (QED) is 0.773. The maximum absolute atomic E-state index is 11.5. The number of carbonyl (C=O) groups is 1. The molecule has 0 bridgehead atoms. The van der Waals surface area contributed by atoms with Crippen LogP contribution in [0.1, 0.15) is 39.2 Å². The monoisotopic (exact) mass is 292 g/mol. The van der Waals surface area contributed by atoms with E-state index in [1.54, 1.807) is 6.92 Å². The van der Waals surface area contributed by atoms with Crippen molar-refractivity contribution in [2.45, 2.75) is 52.1 Å². The number of anilines is 1. The third-order valence-corrected chi connectivity index (χ3v) is 3.78. The van der Waals surface area contributed by atoms with Gasteiger partial charge in [0.1, 0.15) is 5.54 Å². The normalized spacial score (nSPS) is 14.0. The van der Waals surface area contributed by atoms with Crippen LogP contribution in [-0.2, 0) is 4.79 Å². The van der Waals surface area contributed by atoms with Gasteiger partial charge in [0.05, 0.1) is 0 Å². The number of hydrogen-bond donors (Lipinski definition) is 2. The van der Waals surface area contributed by atoms with E-state index >= 15 is 0 Å². The van der Waals surface area contributed by atoms with Crippen molar-refractivity contribution in [1.29, 1.82) is 0 Å². The Morgan fingerprint density at radius 2 is 2.00 bits per heavy atom. The summed E-state index contributed by atoms with van der Waals surface area (Å²) in [6.45, 7) is 8.64. The number of nitrogens with one attached hydrogen (secondary N) is 1. The Morgan fingerprint density at radius 3 is 2.52 bits per heavy atom. The van der Waals surface area contributed by atoms with E-state index in [9.17, 15) is 9.90 Å². The van der Waals surface area contributed by atoms with E-state index in [1.807, 2.05) is 26.0 Å². The average molecular weight is 292 g/mol. The Bertz CT molecular complexity index is 474. The van der Waals surface area contributed by atoms with Crippen molar-refractivity contribution in [3.63, 3.8) is 0 Å². The van der Waals surface area contributed by atoms with Crippen molar-refractivity contribution in [3.05, 3.63) is 29.8 Å². The minimum absolute atomic E-state index is 0.153. The van der Waals surface area contributed by atoms with Gasteiger partial charge in [0, 0.05) is 25.3 Å². The molecule has 0 aliphatic heterocycles. The highest BCUT2D eigenvalue weighted by atomic mass is 16.4. The van der Waals surface area contributed by atoms with Gasteiger partial charge in [-0.2, -0.15) is 0 Å². The molecule has 0 fully saturated rings. The van der Waals surface area contributed by atoms with Gasteiger partial charge in [-0.05, 0) is 52.2 Å². The van der Waals surface area contributed by atoms with Gasteiger partial charge in [0.25, 0.3) is 0 Å². The molecule has 1 aromatic rings. The molecule has 1 atom stereocenters. The maximum atomic E-state index is 11.5. The lowest BCUT2D eigenvalue weighted by atomic mass is 9.94. The Balaban J connectivity index is 2.58. The molecule has 2 N–H and O–H groups in total. The molecule has 0 heterocycles. The Labute approximate surface area is 128 Å². The predicted molar refractivity (Wildman–Crippen MR) is 88.0 cm³/mol. The Hall–Kier alpha value is -1.55. The third-order valence-electron chi connectivity index (χ3n) is 3.78. The maximum Gasteiger partial charge on any atom is 0.323 e. The van der Waals surface area contributed by atoms with Crippen molar-refractivity contribution in [2.24, 2.45) is 0 Å². The van der Waals surface area contributed by atoms with Crippen LogP contribution in [0.25, 0.3) is 0 Å². The molecule has 4 nitrogen and oxygen atoms in total. The summed E-state index contributed by atoms with van der Waals surface area (Å²) in [6, 6.07) is 8.40. The predicted octanol–water partition coefficient (Wildman–Crippen LogP) is 3.05. The summed E-state index contributed by atoms with van der Waals surface area (Å²) in [5.41, 5.74) is 1.58. The van der Waals surface area contributed by atoms with Gasteiger partial charge in [-0.15, -0.1) is 0 Å². The van der Waals surface area contributed by atoms with E-state index < -0.39 is 11.5 Å². The summed E-state index contributed by atoms with van der Waals surface area (Å²) in [4.78, 5) is 13.7. The van der Waals surface area contributed by atoms with Crippen LogP contribution < -0.4 is 10.2 Å². The van der Waals surface area contributed by atoms with Crippen LogP contribution in [0.4, 0.5) is 5.69 Å². The zero-order valence-corrected chi connectivity index (χ0v) is 13.8. The topological polar surface area (TPSA) is 52.6 Å². The Morgan fingerprint density at radius 1 is 1.38 bits per heavy atom. The second-order valence-electron chi connectivity index (χ2n) is 6.25. The van der Waals surface area contributed by atoms with Crippen molar-refractivity contribution < 1.29 is 9.90 Å². The van der Waals surface area contributed by atoms with Crippen LogP contribution >= 0.6 is 0 Å². The molecule has 21 heavy (non-hydrogen) atoms. The van der Waals surface area contributed by atoms with E-state index in [4.69, 9.17) is 0 Å². The summed E-state index contributed by atoms with van der Waals surface area (Å²) >= 11 is 0. The SMILES string of the molecule is Cc1ccccc1N(C)CCCC(C)(NC(C)C)C(=O)O. The molecule has 1 rings (SSSR count). The fourth-order valence-corrected chi connectivity index (χ4v) is 2.66. The zero-order chi connectivity index (χ0) is 16.0. The molecule has 0 aliphatic rings. The largest absolute Gasteiger partial charge is 0.480 e. The van der Waals surface area contributed by atoms with Crippen LogP contribution in [0.3, 0.4) is 0 Å². The van der Waals surface area contributed by atoms with Gasteiger partial charge in [0.15, 0.2) is 0 Å². The van der Waals surface area contributed by atoms with Crippen LogP contribution in [0.5, 0.6) is 0 Å². The number of carboxylic acid groups (broad SMARTS) is 1. The molecule has 0 radical (unpaired) electrons. The molecule has 0 saturated heterocycles. The summed E-state index contributed by atoms with van der Waals surface area (Å²) in [7, 11) is 2.05. The lowest BCUT2D eigenvalue weighted by Gasteiger charge is -2.30. The van der Waals surface area contributed by atoms with Gasteiger partial charge < -0.3 is 10.0 Å². The number of hydrogen-bond acceptors (Lipinski definition) is 3. The summed E-state index contributed by atoms with van der Waals surface area (Å²) in [5, 5.41) is 12.6. The summed E-state index contributed by atoms with van der Waals surface area (Å²) in [6.07, 6.45) is 1.43. The van der Waals surface area contributed by atoms with Gasteiger partial charge in [-0.25, -0.2) is 0 Å². The lowest BCUT2D eigenvalue weighted by Crippen LogP contribution is -2.52. The number of nitrogens with zero attached hydrogens (tertiary/aromatic N) is 1. The van der Waals surface area contributed by atoms with Crippen molar-refractivity contribution in [3.8, 4) is 0 Å². The van der Waals surface area contributed by atoms with Crippen molar-refractivity contribution in [1.82, 2.24) is 5.32 Å². The summed E-state index contributed by atoms with van der Waals surface area (Å²) < 4.78 is 0. The first kappa shape index (κ1) is 17.5. The van der Waals surface area contributed by atoms with E-state index in [1.165, 1.54) is 11.3 Å². The van der Waals surface area contributed by atoms with Gasteiger partial charge in [0.2, 0.25) is 0 Å². The molecule has 0 amide bonds. The number of aryl methyl sites for hydroxylation is 1. The number of carboxylic acids is 1. The standard InChI is InChI=1S/C17H28N2O2/c1-13(2)18-17(4,16(20)21)11-8-12-19(5)15-10-7-6-9-14(15)3/h6-7,9-10,13,18H,8,11-12H2,1-5H3,(H,20,21). The smallest absolute Gasteiger partial charge is 0.323 e. The molecule has 118 valence electrons. The van der Waals surface area contributed by atoms with E-state index in [0.29, 0.717) is 6.42 Å². The highest BCUT2D eigenvalue weighted by molar-refractivity contribution is 5.78. The molecular weight excluding hydrogens is 264 g/mol. The molecular formula is C17H28N2O2. The fraction of sp³-hybridized carbons (Fsp3) is 0.588. The van der Waals surface area contributed by atoms with Crippen LogP contribution in [0.15, 0.2) is 24.3 Å². The number of para-hydroxylation sites is 1. The first-order chi connectivity index (χ1) is 9.76. The third kappa shape index (κ3) is 5.05. The van der Waals surface area contributed by atoms with Gasteiger partial charge >= 0.3 is 5.97 Å². The fourth-order valence-electron chi connectivity index (χ4n) is 2.66. The lowest BCUT2D eigenvalue weighted by molar-refractivity contribution is -0.144. The average Bonchev–Trinajstić information content (AvgIpc) is 2.38. The molecule has 0 aromatic heterocycles. The minimum Gasteiger partial charge on any atom is -0.480 e. The molecule has 4 heteroatoms. The van der Waals surface area contributed by atoms with E-state index in [-0.39, 0.29) is 6.04 Å². The summed E-state index contributed by atoms with van der Waals surface area (Å²) in [5.74, 6) is -0.783. The van der Waals surface area contributed by atoms with Gasteiger partial charge in [-0.3, -0.25) is 10.1 Å². The zero-order valence-electron chi connectivity index (χ0n) is 13.8. The van der Waals surface area contributed by atoms with Crippen LogP contribution in [-0.4, -0.2) is 36.2 Å². The first-order valence-electron chi connectivity index (χ1n) is 7.54. The number of rotatable bonds is 8. The van der Waals surface area contributed by atoms with E-state index in [2.05, 4.69) is 36.3 Å². The van der Waals surface area contributed by atoms with Gasteiger partial charge in [-0.1, -0.05) is 18.2 Å².